The number of rotatable bonds is 6. The number of ether oxygens (including phenoxy) is 1. The van der Waals surface area contributed by atoms with Crippen molar-refractivity contribution in [2.24, 2.45) is 0 Å². The van der Waals surface area contributed by atoms with Crippen LogP contribution in [0.3, 0.4) is 0 Å². The number of benzene rings is 2. The molecule has 2 N–H and O–H groups in total. The van der Waals surface area contributed by atoms with Crippen LogP contribution in [0.15, 0.2) is 66.9 Å². The number of aromatic nitrogens is 4. The maximum absolute atomic E-state index is 12.5. The lowest BCUT2D eigenvalue weighted by Crippen LogP contribution is -2.13. The van der Waals surface area contributed by atoms with Crippen molar-refractivity contribution in [1.29, 1.82) is 0 Å². The zero-order valence-corrected chi connectivity index (χ0v) is 16.2. The molecule has 29 heavy (non-hydrogen) atoms. The molecule has 0 aliphatic carbocycles. The lowest BCUT2D eigenvalue weighted by molar-refractivity contribution is 0.102. The minimum atomic E-state index is -0.298. The molecule has 0 saturated carbocycles. The Hall–Kier alpha value is -3.87. The fourth-order valence-corrected chi connectivity index (χ4v) is 3.03. The number of aromatic amines is 1. The number of methoxy groups -OCH3 is 1. The second-order valence-electron chi connectivity index (χ2n) is 6.68. The molecule has 7 nitrogen and oxygen atoms in total. The summed E-state index contributed by atoms with van der Waals surface area (Å²) in [7, 11) is 1.61. The molecule has 0 unspecified atom stereocenters. The van der Waals surface area contributed by atoms with Gasteiger partial charge in [0.1, 0.15) is 11.4 Å². The standard InChI is InChI=1S/C22H21N5O2/c1-15-6-3-4-7-17(15)14-27-11-10-21(26-27)23-22(28)20-13-19(24-25-20)16-8-5-9-18(12-16)29-2/h3-13H,14H2,1-2H3,(H,24,25)(H,23,26,28). The summed E-state index contributed by atoms with van der Waals surface area (Å²) in [6.45, 7) is 2.71. The van der Waals surface area contributed by atoms with Gasteiger partial charge in [0.05, 0.1) is 19.3 Å². The highest BCUT2D eigenvalue weighted by atomic mass is 16.5. The van der Waals surface area contributed by atoms with E-state index in [1.54, 1.807) is 23.9 Å². The number of hydrogen-bond acceptors (Lipinski definition) is 4. The average molecular weight is 387 g/mol. The summed E-state index contributed by atoms with van der Waals surface area (Å²) in [5, 5.41) is 14.2. The summed E-state index contributed by atoms with van der Waals surface area (Å²) in [6.07, 6.45) is 1.84. The smallest absolute Gasteiger partial charge is 0.274 e. The zero-order chi connectivity index (χ0) is 20.2. The number of H-pyrrole nitrogens is 1. The highest BCUT2D eigenvalue weighted by Gasteiger charge is 2.13. The van der Waals surface area contributed by atoms with Crippen molar-refractivity contribution in [3.05, 3.63) is 83.7 Å². The highest BCUT2D eigenvalue weighted by Crippen LogP contribution is 2.22. The van der Waals surface area contributed by atoms with Gasteiger partial charge in [-0.15, -0.1) is 0 Å². The summed E-state index contributed by atoms with van der Waals surface area (Å²) < 4.78 is 7.03. The topological polar surface area (TPSA) is 84.8 Å². The normalized spacial score (nSPS) is 10.7. The molecule has 2 heterocycles. The van der Waals surface area contributed by atoms with Gasteiger partial charge in [-0.2, -0.15) is 10.2 Å². The Morgan fingerprint density at radius 3 is 2.83 bits per heavy atom. The van der Waals surface area contributed by atoms with E-state index < -0.39 is 0 Å². The van der Waals surface area contributed by atoms with Crippen LogP contribution in [0.4, 0.5) is 5.82 Å². The van der Waals surface area contributed by atoms with E-state index in [9.17, 15) is 4.79 Å². The Kier molecular flexibility index (Phi) is 5.11. The van der Waals surface area contributed by atoms with E-state index >= 15 is 0 Å². The molecule has 7 heteroatoms. The Bertz CT molecular complexity index is 1150. The third-order valence-electron chi connectivity index (χ3n) is 4.66. The van der Waals surface area contributed by atoms with Crippen LogP contribution < -0.4 is 10.1 Å². The molecule has 1 amide bonds. The molecule has 146 valence electrons. The molecular formula is C22H21N5O2. The molecular weight excluding hydrogens is 366 g/mol. The number of aryl methyl sites for hydroxylation is 1. The number of hydrogen-bond donors (Lipinski definition) is 2. The first-order valence-corrected chi connectivity index (χ1v) is 9.21. The molecule has 2 aromatic carbocycles. The number of nitrogens with zero attached hydrogens (tertiary/aromatic N) is 3. The number of carbonyl (C=O) groups is 1. The second-order valence-corrected chi connectivity index (χ2v) is 6.68. The van der Waals surface area contributed by atoms with Crippen LogP contribution in [0.25, 0.3) is 11.3 Å². The Balaban J connectivity index is 1.44. The minimum Gasteiger partial charge on any atom is -0.497 e. The molecule has 2 aromatic heterocycles. The summed E-state index contributed by atoms with van der Waals surface area (Å²) in [4.78, 5) is 12.5. The molecule has 0 radical (unpaired) electrons. The van der Waals surface area contributed by atoms with Gasteiger partial charge in [0, 0.05) is 17.8 Å². The van der Waals surface area contributed by atoms with Gasteiger partial charge in [0.25, 0.3) is 5.91 Å². The van der Waals surface area contributed by atoms with E-state index in [1.807, 2.05) is 42.6 Å². The fourth-order valence-electron chi connectivity index (χ4n) is 3.03. The van der Waals surface area contributed by atoms with Gasteiger partial charge in [-0.05, 0) is 36.2 Å². The van der Waals surface area contributed by atoms with Gasteiger partial charge in [-0.1, -0.05) is 36.4 Å². The number of anilines is 1. The lowest BCUT2D eigenvalue weighted by atomic mass is 10.1. The summed E-state index contributed by atoms with van der Waals surface area (Å²) in [6, 6.07) is 19.1. The van der Waals surface area contributed by atoms with Crippen molar-refractivity contribution in [2.75, 3.05) is 12.4 Å². The van der Waals surface area contributed by atoms with Crippen LogP contribution >= 0.6 is 0 Å². The van der Waals surface area contributed by atoms with Crippen LogP contribution in [-0.4, -0.2) is 33.0 Å². The molecule has 0 atom stereocenters. The predicted octanol–water partition coefficient (Wildman–Crippen LogP) is 3.89. The van der Waals surface area contributed by atoms with Gasteiger partial charge in [0.15, 0.2) is 5.82 Å². The van der Waals surface area contributed by atoms with Crippen LogP contribution in [0.2, 0.25) is 0 Å². The van der Waals surface area contributed by atoms with E-state index in [1.165, 1.54) is 11.1 Å². The average Bonchev–Trinajstić information content (AvgIpc) is 3.40. The molecule has 4 aromatic rings. The van der Waals surface area contributed by atoms with Gasteiger partial charge >= 0.3 is 0 Å². The van der Waals surface area contributed by atoms with Crippen molar-refractivity contribution >= 4 is 11.7 Å². The highest BCUT2D eigenvalue weighted by molar-refractivity contribution is 6.02. The van der Waals surface area contributed by atoms with Gasteiger partial charge in [-0.3, -0.25) is 14.6 Å². The third-order valence-corrected chi connectivity index (χ3v) is 4.66. The SMILES string of the molecule is COc1cccc(-c2cc(C(=O)Nc3ccn(Cc4ccccc4C)n3)[nH]n2)c1. The molecule has 4 rings (SSSR count). The van der Waals surface area contributed by atoms with E-state index in [2.05, 4.69) is 39.7 Å². The maximum Gasteiger partial charge on any atom is 0.274 e. The number of amides is 1. The lowest BCUT2D eigenvalue weighted by Gasteiger charge is -2.05. The molecule has 0 bridgehead atoms. The minimum absolute atomic E-state index is 0.298. The Morgan fingerprint density at radius 1 is 1.14 bits per heavy atom. The quantitative estimate of drug-likeness (QED) is 0.526. The zero-order valence-electron chi connectivity index (χ0n) is 16.2. The van der Waals surface area contributed by atoms with Gasteiger partial charge in [0.2, 0.25) is 0 Å². The fraction of sp³-hybridized carbons (Fsp3) is 0.136. The van der Waals surface area contributed by atoms with Crippen LogP contribution in [-0.2, 0) is 6.54 Å². The molecule has 0 fully saturated rings. The third kappa shape index (κ3) is 4.19. The summed E-state index contributed by atoms with van der Waals surface area (Å²) in [5.74, 6) is 0.921. The monoisotopic (exact) mass is 387 g/mol. The van der Waals surface area contributed by atoms with Crippen molar-refractivity contribution in [2.45, 2.75) is 13.5 Å². The van der Waals surface area contributed by atoms with E-state index in [0.717, 1.165) is 11.3 Å². The molecule has 0 saturated heterocycles. The van der Waals surface area contributed by atoms with Crippen molar-refractivity contribution < 1.29 is 9.53 Å². The molecule has 0 spiro atoms. The van der Waals surface area contributed by atoms with Crippen molar-refractivity contribution in [1.82, 2.24) is 20.0 Å². The maximum atomic E-state index is 12.5. The van der Waals surface area contributed by atoms with Crippen molar-refractivity contribution in [3.63, 3.8) is 0 Å². The van der Waals surface area contributed by atoms with Crippen LogP contribution in [0, 0.1) is 6.92 Å². The Labute approximate surface area is 168 Å². The van der Waals surface area contributed by atoms with E-state index in [-0.39, 0.29) is 5.91 Å². The molecule has 0 aliphatic heterocycles. The summed E-state index contributed by atoms with van der Waals surface area (Å²) >= 11 is 0. The first-order chi connectivity index (χ1) is 14.1. The van der Waals surface area contributed by atoms with Gasteiger partial charge in [-0.25, -0.2) is 0 Å². The first kappa shape index (κ1) is 18.5. The summed E-state index contributed by atoms with van der Waals surface area (Å²) in [5.41, 5.74) is 4.28. The number of nitrogens with one attached hydrogen (secondary N) is 2. The van der Waals surface area contributed by atoms with Gasteiger partial charge < -0.3 is 10.1 Å². The largest absolute Gasteiger partial charge is 0.497 e. The second kappa shape index (κ2) is 8.02. The van der Waals surface area contributed by atoms with Crippen LogP contribution in [0.1, 0.15) is 21.6 Å². The predicted molar refractivity (Wildman–Crippen MR) is 111 cm³/mol. The molecule has 0 aliphatic rings. The Morgan fingerprint density at radius 2 is 2.00 bits per heavy atom. The van der Waals surface area contributed by atoms with Crippen molar-refractivity contribution in [3.8, 4) is 17.0 Å². The van der Waals surface area contributed by atoms with E-state index in [0.29, 0.717) is 23.8 Å². The first-order valence-electron chi connectivity index (χ1n) is 9.21. The number of carbonyl (C=O) groups excluding carboxylic acids is 1. The van der Waals surface area contributed by atoms with Crippen LogP contribution in [0.5, 0.6) is 5.75 Å². The van der Waals surface area contributed by atoms with E-state index in [4.69, 9.17) is 4.74 Å².